The SMILES string of the molecule is COC(=O)c1cc(/C=C/c2nc3cc(F)ccc3s2)ccc1OC. The average molecular weight is 343 g/mol. The molecule has 0 aliphatic rings. The Morgan fingerprint density at radius 2 is 2.00 bits per heavy atom. The van der Waals surface area contributed by atoms with Crippen LogP contribution in [0.1, 0.15) is 20.9 Å². The Morgan fingerprint density at radius 3 is 2.75 bits per heavy atom. The van der Waals surface area contributed by atoms with E-state index in [2.05, 4.69) is 4.98 Å². The molecule has 6 heteroatoms. The van der Waals surface area contributed by atoms with E-state index in [0.717, 1.165) is 15.3 Å². The third-order valence-electron chi connectivity index (χ3n) is 3.41. The molecule has 0 N–H and O–H groups in total. The van der Waals surface area contributed by atoms with E-state index < -0.39 is 5.97 Å². The number of benzene rings is 2. The van der Waals surface area contributed by atoms with Gasteiger partial charge in [-0.15, -0.1) is 11.3 Å². The van der Waals surface area contributed by atoms with Gasteiger partial charge < -0.3 is 9.47 Å². The molecule has 0 atom stereocenters. The van der Waals surface area contributed by atoms with Gasteiger partial charge in [-0.3, -0.25) is 0 Å². The highest BCUT2D eigenvalue weighted by Gasteiger charge is 2.12. The van der Waals surface area contributed by atoms with Crippen molar-refractivity contribution in [3.05, 3.63) is 58.3 Å². The maximum absolute atomic E-state index is 13.2. The fourth-order valence-electron chi connectivity index (χ4n) is 2.26. The molecule has 0 unspecified atom stereocenters. The number of esters is 1. The third-order valence-corrected chi connectivity index (χ3v) is 4.42. The molecular formula is C18H14FNO3S. The lowest BCUT2D eigenvalue weighted by atomic mass is 10.1. The molecule has 0 bridgehead atoms. The first kappa shape index (κ1) is 16.1. The Morgan fingerprint density at radius 1 is 1.17 bits per heavy atom. The van der Waals surface area contributed by atoms with Crippen molar-refractivity contribution in [2.24, 2.45) is 0 Å². The number of ether oxygens (including phenoxy) is 2. The summed E-state index contributed by atoms with van der Waals surface area (Å²) in [5.74, 6) is -0.312. The van der Waals surface area contributed by atoms with Gasteiger partial charge in [0.2, 0.25) is 0 Å². The Labute approximate surface area is 142 Å². The van der Waals surface area contributed by atoms with E-state index in [0.29, 0.717) is 16.8 Å². The van der Waals surface area contributed by atoms with Crippen molar-refractivity contribution >= 4 is 39.7 Å². The zero-order chi connectivity index (χ0) is 17.1. The topological polar surface area (TPSA) is 48.4 Å². The maximum atomic E-state index is 13.2. The number of hydrogen-bond donors (Lipinski definition) is 0. The van der Waals surface area contributed by atoms with Crippen LogP contribution in [0.15, 0.2) is 36.4 Å². The van der Waals surface area contributed by atoms with Crippen molar-refractivity contribution in [3.63, 3.8) is 0 Å². The molecule has 3 aromatic rings. The van der Waals surface area contributed by atoms with Crippen LogP contribution in [0.25, 0.3) is 22.4 Å². The van der Waals surface area contributed by atoms with Gasteiger partial charge >= 0.3 is 5.97 Å². The second-order valence-electron chi connectivity index (χ2n) is 4.95. The van der Waals surface area contributed by atoms with Gasteiger partial charge in [0.25, 0.3) is 0 Å². The van der Waals surface area contributed by atoms with Crippen LogP contribution in [-0.4, -0.2) is 25.2 Å². The summed E-state index contributed by atoms with van der Waals surface area (Å²) >= 11 is 1.47. The minimum absolute atomic E-state index is 0.304. The van der Waals surface area contributed by atoms with Gasteiger partial charge in [-0.2, -0.15) is 0 Å². The summed E-state index contributed by atoms with van der Waals surface area (Å²) in [6.07, 6.45) is 3.66. The van der Waals surface area contributed by atoms with E-state index in [9.17, 15) is 9.18 Å². The number of aromatic nitrogens is 1. The predicted octanol–water partition coefficient (Wildman–Crippen LogP) is 4.40. The summed E-state index contributed by atoms with van der Waals surface area (Å²) in [5.41, 5.74) is 1.79. The molecule has 0 radical (unpaired) electrons. The summed E-state index contributed by atoms with van der Waals surface area (Å²) < 4.78 is 24.1. The Balaban J connectivity index is 1.91. The lowest BCUT2D eigenvalue weighted by Crippen LogP contribution is -2.04. The number of hydrogen-bond acceptors (Lipinski definition) is 5. The molecule has 4 nitrogen and oxygen atoms in total. The monoisotopic (exact) mass is 343 g/mol. The molecule has 0 aliphatic heterocycles. The van der Waals surface area contributed by atoms with Crippen LogP contribution >= 0.6 is 11.3 Å². The summed E-state index contributed by atoms with van der Waals surface area (Å²) in [7, 11) is 2.82. The quantitative estimate of drug-likeness (QED) is 0.659. The van der Waals surface area contributed by atoms with Gasteiger partial charge in [0, 0.05) is 6.07 Å². The summed E-state index contributed by atoms with van der Waals surface area (Å²) in [4.78, 5) is 16.2. The number of nitrogens with zero attached hydrogens (tertiary/aromatic N) is 1. The van der Waals surface area contributed by atoms with E-state index in [4.69, 9.17) is 9.47 Å². The van der Waals surface area contributed by atoms with Gasteiger partial charge in [-0.1, -0.05) is 12.1 Å². The largest absolute Gasteiger partial charge is 0.496 e. The average Bonchev–Trinajstić information content (AvgIpc) is 3.01. The fraction of sp³-hybridized carbons (Fsp3) is 0.111. The highest BCUT2D eigenvalue weighted by molar-refractivity contribution is 7.19. The fourth-order valence-corrected chi connectivity index (χ4v) is 3.11. The Kier molecular flexibility index (Phi) is 4.57. The van der Waals surface area contributed by atoms with E-state index in [-0.39, 0.29) is 5.82 Å². The molecule has 0 fully saturated rings. The molecular weight excluding hydrogens is 329 g/mol. The van der Waals surface area contributed by atoms with E-state index in [1.807, 2.05) is 18.2 Å². The van der Waals surface area contributed by atoms with Crippen molar-refractivity contribution in [3.8, 4) is 5.75 Å². The van der Waals surface area contributed by atoms with Gasteiger partial charge in [-0.25, -0.2) is 14.2 Å². The van der Waals surface area contributed by atoms with E-state index in [1.165, 1.54) is 37.7 Å². The normalized spacial score (nSPS) is 11.1. The number of halogens is 1. The van der Waals surface area contributed by atoms with Gasteiger partial charge in [0.05, 0.1) is 24.4 Å². The second-order valence-corrected chi connectivity index (χ2v) is 6.01. The van der Waals surface area contributed by atoms with Crippen LogP contribution in [-0.2, 0) is 4.74 Å². The number of carbonyl (C=O) groups is 1. The third kappa shape index (κ3) is 3.28. The number of thiazole rings is 1. The van der Waals surface area contributed by atoms with Crippen LogP contribution in [0.5, 0.6) is 5.75 Å². The van der Waals surface area contributed by atoms with Gasteiger partial charge in [0.1, 0.15) is 22.1 Å². The van der Waals surface area contributed by atoms with Crippen LogP contribution in [0.3, 0.4) is 0 Å². The highest BCUT2D eigenvalue weighted by Crippen LogP contribution is 2.25. The molecule has 0 saturated heterocycles. The standard InChI is InChI=1S/C18H14FNO3S/c1-22-15-6-3-11(9-13(15)18(21)23-2)4-8-17-20-14-10-12(19)5-7-16(14)24-17/h3-10H,1-2H3/b8-4+. The van der Waals surface area contributed by atoms with Crippen LogP contribution in [0, 0.1) is 5.82 Å². The first-order chi connectivity index (χ1) is 11.6. The lowest BCUT2D eigenvalue weighted by molar-refractivity contribution is 0.0597. The zero-order valence-corrected chi connectivity index (χ0v) is 13.9. The molecule has 0 saturated carbocycles. The number of methoxy groups -OCH3 is 2. The van der Waals surface area contributed by atoms with Gasteiger partial charge in [-0.05, 0) is 35.9 Å². The molecule has 1 heterocycles. The number of carbonyl (C=O) groups excluding carboxylic acids is 1. The minimum atomic E-state index is -0.461. The first-order valence-electron chi connectivity index (χ1n) is 7.11. The van der Waals surface area contributed by atoms with Crippen molar-refractivity contribution < 1.29 is 18.7 Å². The van der Waals surface area contributed by atoms with E-state index in [1.54, 1.807) is 18.2 Å². The summed E-state index contributed by atoms with van der Waals surface area (Å²) in [5, 5.41) is 0.756. The molecule has 3 rings (SSSR count). The second kappa shape index (κ2) is 6.80. The van der Waals surface area contributed by atoms with Crippen LogP contribution in [0.2, 0.25) is 0 Å². The summed E-state index contributed by atoms with van der Waals surface area (Å²) in [6.45, 7) is 0. The van der Waals surface area contributed by atoms with Gasteiger partial charge in [0.15, 0.2) is 0 Å². The number of fused-ring (bicyclic) bond motifs is 1. The minimum Gasteiger partial charge on any atom is -0.496 e. The molecule has 24 heavy (non-hydrogen) atoms. The van der Waals surface area contributed by atoms with Crippen molar-refractivity contribution in [1.29, 1.82) is 0 Å². The molecule has 1 aromatic heterocycles. The van der Waals surface area contributed by atoms with Crippen molar-refractivity contribution in [2.45, 2.75) is 0 Å². The Hall–Kier alpha value is -2.73. The van der Waals surface area contributed by atoms with E-state index >= 15 is 0 Å². The Bertz CT molecular complexity index is 933. The molecule has 2 aromatic carbocycles. The molecule has 0 amide bonds. The zero-order valence-electron chi connectivity index (χ0n) is 13.1. The van der Waals surface area contributed by atoms with Crippen LogP contribution < -0.4 is 4.74 Å². The van der Waals surface area contributed by atoms with Crippen LogP contribution in [0.4, 0.5) is 4.39 Å². The first-order valence-corrected chi connectivity index (χ1v) is 7.93. The smallest absolute Gasteiger partial charge is 0.341 e. The molecule has 0 spiro atoms. The molecule has 0 aliphatic carbocycles. The van der Waals surface area contributed by atoms with Crippen molar-refractivity contribution in [2.75, 3.05) is 14.2 Å². The van der Waals surface area contributed by atoms with Crippen molar-refractivity contribution in [1.82, 2.24) is 4.98 Å². The molecule has 122 valence electrons. The predicted molar refractivity (Wildman–Crippen MR) is 92.8 cm³/mol. The maximum Gasteiger partial charge on any atom is 0.341 e. The highest BCUT2D eigenvalue weighted by atomic mass is 32.1. The lowest BCUT2D eigenvalue weighted by Gasteiger charge is -2.07. The number of rotatable bonds is 4. The summed E-state index contributed by atoms with van der Waals surface area (Å²) in [6, 6.07) is 9.76.